The van der Waals surface area contributed by atoms with Crippen molar-refractivity contribution in [3.8, 4) is 0 Å². The molecule has 0 radical (unpaired) electrons. The van der Waals surface area contributed by atoms with Crippen LogP contribution in [-0.4, -0.2) is 27.4 Å². The molecule has 0 bridgehead atoms. The molecule has 0 fully saturated rings. The molecule has 3 N–H and O–H groups in total. The van der Waals surface area contributed by atoms with E-state index in [2.05, 4.69) is 17.4 Å². The summed E-state index contributed by atoms with van der Waals surface area (Å²) >= 11 is 0. The highest BCUT2D eigenvalue weighted by Gasteiger charge is 2.23. The maximum absolute atomic E-state index is 12.4. The number of rotatable bonds is 4. The fourth-order valence-electron chi connectivity index (χ4n) is 3.81. The zero-order valence-corrected chi connectivity index (χ0v) is 15.2. The second-order valence-corrected chi connectivity index (χ2v) is 8.45. The summed E-state index contributed by atoms with van der Waals surface area (Å²) < 4.78 is 23.0. The van der Waals surface area contributed by atoms with Crippen LogP contribution in [-0.2, 0) is 34.1 Å². The number of amides is 1. The van der Waals surface area contributed by atoms with Crippen LogP contribution in [0.3, 0.4) is 0 Å². The highest BCUT2D eigenvalue weighted by Crippen LogP contribution is 2.30. The second-order valence-electron chi connectivity index (χ2n) is 6.89. The third-order valence-corrected chi connectivity index (χ3v) is 6.00. The number of nitrogens with zero attached hydrogens (tertiary/aromatic N) is 1. The predicted molar refractivity (Wildman–Crippen MR) is 101 cm³/mol. The lowest BCUT2D eigenvalue weighted by Crippen LogP contribution is -2.31. The van der Waals surface area contributed by atoms with Crippen molar-refractivity contribution in [2.24, 2.45) is 5.14 Å². The van der Waals surface area contributed by atoms with Gasteiger partial charge in [0.05, 0.1) is 11.4 Å². The first kappa shape index (κ1) is 17.1. The van der Waals surface area contributed by atoms with E-state index in [1.807, 2.05) is 11.0 Å². The Kier molecular flexibility index (Phi) is 4.20. The van der Waals surface area contributed by atoms with E-state index in [1.165, 1.54) is 23.6 Å². The maximum atomic E-state index is 12.4. The van der Waals surface area contributed by atoms with E-state index >= 15 is 0 Å². The van der Waals surface area contributed by atoms with E-state index in [1.54, 1.807) is 12.1 Å². The van der Waals surface area contributed by atoms with Gasteiger partial charge in [0, 0.05) is 17.9 Å². The van der Waals surface area contributed by atoms with Gasteiger partial charge in [-0.1, -0.05) is 6.07 Å². The van der Waals surface area contributed by atoms with Gasteiger partial charge in [-0.2, -0.15) is 0 Å². The Bertz CT molecular complexity index is 986. The summed E-state index contributed by atoms with van der Waals surface area (Å²) in [5.74, 6) is -0.0775. The van der Waals surface area contributed by atoms with Gasteiger partial charge in [-0.05, 0) is 72.7 Å². The van der Waals surface area contributed by atoms with Gasteiger partial charge in [0.25, 0.3) is 0 Å². The van der Waals surface area contributed by atoms with Crippen LogP contribution in [0.4, 0.5) is 11.4 Å². The second kappa shape index (κ2) is 6.41. The van der Waals surface area contributed by atoms with Crippen molar-refractivity contribution >= 4 is 27.3 Å². The van der Waals surface area contributed by atoms with E-state index in [0.29, 0.717) is 13.0 Å². The molecule has 4 rings (SSSR count). The van der Waals surface area contributed by atoms with E-state index in [4.69, 9.17) is 5.14 Å². The number of primary sulfonamides is 1. The van der Waals surface area contributed by atoms with E-state index in [9.17, 15) is 13.2 Å². The van der Waals surface area contributed by atoms with Gasteiger partial charge in [0.15, 0.2) is 0 Å². The van der Waals surface area contributed by atoms with Crippen molar-refractivity contribution in [1.29, 1.82) is 0 Å². The molecule has 0 atom stereocenters. The summed E-state index contributed by atoms with van der Waals surface area (Å²) in [4.78, 5) is 14.5. The van der Waals surface area contributed by atoms with Gasteiger partial charge in [0.1, 0.15) is 0 Å². The van der Waals surface area contributed by atoms with E-state index in [0.717, 1.165) is 29.8 Å². The Morgan fingerprint density at radius 2 is 1.85 bits per heavy atom. The highest BCUT2D eigenvalue weighted by atomic mass is 32.2. The molecule has 6 nitrogen and oxygen atoms in total. The molecular formula is C19H21N3O3S. The van der Waals surface area contributed by atoms with Crippen molar-refractivity contribution in [3.63, 3.8) is 0 Å². The molecule has 136 valence electrons. The Labute approximate surface area is 153 Å². The minimum atomic E-state index is -3.71. The molecule has 0 spiro atoms. The van der Waals surface area contributed by atoms with Gasteiger partial charge in [-0.3, -0.25) is 4.79 Å². The first-order valence-corrected chi connectivity index (χ1v) is 10.3. The number of nitrogens with two attached hydrogens (primary N) is 1. The molecule has 2 aromatic carbocycles. The lowest BCUT2D eigenvalue weighted by Gasteiger charge is -2.19. The van der Waals surface area contributed by atoms with E-state index < -0.39 is 10.0 Å². The summed E-state index contributed by atoms with van der Waals surface area (Å²) in [5.41, 5.74) is 5.33. The van der Waals surface area contributed by atoms with Crippen LogP contribution >= 0.6 is 0 Å². The number of carbonyl (C=O) groups excluding carboxylic acids is 1. The minimum absolute atomic E-state index is 0.0775. The number of carbonyl (C=O) groups is 1. The summed E-state index contributed by atoms with van der Waals surface area (Å²) in [6, 6.07) is 10.9. The molecule has 26 heavy (non-hydrogen) atoms. The number of sulfonamides is 1. The number of fused-ring (bicyclic) bond motifs is 2. The zero-order valence-electron chi connectivity index (χ0n) is 14.4. The van der Waals surface area contributed by atoms with Crippen LogP contribution in [0.25, 0.3) is 0 Å². The van der Waals surface area contributed by atoms with Crippen molar-refractivity contribution in [2.75, 3.05) is 23.3 Å². The summed E-state index contributed by atoms with van der Waals surface area (Å²) in [6.45, 7) is 0.916. The van der Waals surface area contributed by atoms with Gasteiger partial charge in [-0.15, -0.1) is 0 Å². The molecule has 1 aliphatic heterocycles. The average molecular weight is 371 g/mol. The molecule has 1 heterocycles. The van der Waals surface area contributed by atoms with Gasteiger partial charge < -0.3 is 10.2 Å². The summed E-state index contributed by atoms with van der Waals surface area (Å²) in [5, 5.41) is 8.15. The number of nitrogens with one attached hydrogen (secondary N) is 1. The SMILES string of the molecule is NS(=O)(=O)c1ccc2c(c1)CCN2CC(=O)Nc1ccc2c(c1)CCC2. The standard InChI is InChI=1S/C19H21N3O3S/c20-26(24,25)17-6-7-18-15(11-17)8-9-22(18)12-19(23)21-16-5-4-13-2-1-3-14(13)10-16/h4-7,10-11H,1-3,8-9,12H2,(H,21,23)(H2,20,24,25). The van der Waals surface area contributed by atoms with Crippen LogP contribution in [0.2, 0.25) is 0 Å². The highest BCUT2D eigenvalue weighted by molar-refractivity contribution is 7.89. The van der Waals surface area contributed by atoms with Crippen molar-refractivity contribution in [3.05, 3.63) is 53.1 Å². The summed E-state index contributed by atoms with van der Waals surface area (Å²) in [7, 11) is -3.71. The van der Waals surface area contributed by atoms with Crippen molar-refractivity contribution in [1.82, 2.24) is 0 Å². The number of benzene rings is 2. The summed E-state index contributed by atoms with van der Waals surface area (Å²) in [6.07, 6.45) is 4.07. The predicted octanol–water partition coefficient (Wildman–Crippen LogP) is 1.82. The van der Waals surface area contributed by atoms with Crippen molar-refractivity contribution in [2.45, 2.75) is 30.6 Å². The molecule has 1 amide bonds. The average Bonchev–Trinajstić information content (AvgIpc) is 3.20. The van der Waals surface area contributed by atoms with Gasteiger partial charge in [0.2, 0.25) is 15.9 Å². The maximum Gasteiger partial charge on any atom is 0.243 e. The molecular weight excluding hydrogens is 350 g/mol. The Morgan fingerprint density at radius 1 is 1.04 bits per heavy atom. The number of anilines is 2. The Hall–Kier alpha value is -2.38. The monoisotopic (exact) mass is 371 g/mol. The molecule has 0 aromatic heterocycles. The fourth-order valence-corrected chi connectivity index (χ4v) is 4.38. The quantitative estimate of drug-likeness (QED) is 0.857. The lowest BCUT2D eigenvalue weighted by atomic mass is 10.1. The lowest BCUT2D eigenvalue weighted by molar-refractivity contribution is -0.115. The van der Waals surface area contributed by atoms with Crippen LogP contribution < -0.4 is 15.4 Å². The smallest absolute Gasteiger partial charge is 0.243 e. The topological polar surface area (TPSA) is 92.5 Å². The van der Waals surface area contributed by atoms with Crippen LogP contribution in [0.5, 0.6) is 0 Å². The van der Waals surface area contributed by atoms with Crippen molar-refractivity contribution < 1.29 is 13.2 Å². The molecule has 1 aliphatic carbocycles. The third kappa shape index (κ3) is 3.32. The number of hydrogen-bond donors (Lipinski definition) is 2. The zero-order chi connectivity index (χ0) is 18.3. The number of aryl methyl sites for hydroxylation is 2. The minimum Gasteiger partial charge on any atom is -0.362 e. The number of hydrogen-bond acceptors (Lipinski definition) is 4. The van der Waals surface area contributed by atoms with Crippen LogP contribution in [0.1, 0.15) is 23.1 Å². The molecule has 2 aliphatic rings. The van der Waals surface area contributed by atoms with Gasteiger partial charge in [-0.25, -0.2) is 13.6 Å². The fraction of sp³-hybridized carbons (Fsp3) is 0.316. The van der Waals surface area contributed by atoms with Gasteiger partial charge >= 0.3 is 0 Å². The Morgan fingerprint density at radius 3 is 2.65 bits per heavy atom. The van der Waals surface area contributed by atoms with Crippen LogP contribution in [0, 0.1) is 0 Å². The molecule has 7 heteroatoms. The largest absolute Gasteiger partial charge is 0.362 e. The first-order chi connectivity index (χ1) is 12.4. The molecule has 0 unspecified atom stereocenters. The third-order valence-electron chi connectivity index (χ3n) is 5.09. The normalized spacial score (nSPS) is 15.7. The van der Waals surface area contributed by atoms with E-state index in [-0.39, 0.29) is 17.3 Å². The first-order valence-electron chi connectivity index (χ1n) is 8.72. The molecule has 0 saturated heterocycles. The van der Waals surface area contributed by atoms with Crippen LogP contribution in [0.15, 0.2) is 41.3 Å². The molecule has 2 aromatic rings. The molecule has 0 saturated carbocycles. The Balaban J connectivity index is 1.45.